The van der Waals surface area contributed by atoms with Crippen LogP contribution in [0.15, 0.2) is 30.3 Å². The zero-order valence-electron chi connectivity index (χ0n) is 13.8. The number of hydrogen-bond acceptors (Lipinski definition) is 3. The van der Waals surface area contributed by atoms with Crippen molar-refractivity contribution in [1.82, 2.24) is 4.31 Å². The predicted molar refractivity (Wildman–Crippen MR) is 90.3 cm³/mol. The van der Waals surface area contributed by atoms with E-state index < -0.39 is 10.0 Å². The molecule has 0 heterocycles. The van der Waals surface area contributed by atoms with Crippen molar-refractivity contribution in [3.63, 3.8) is 0 Å². The molecule has 0 N–H and O–H groups in total. The average molecular weight is 326 g/mol. The van der Waals surface area contributed by atoms with Crippen LogP contribution in [0, 0.1) is 5.92 Å². The van der Waals surface area contributed by atoms with E-state index >= 15 is 0 Å². The summed E-state index contributed by atoms with van der Waals surface area (Å²) in [7, 11) is -3.39. The highest BCUT2D eigenvalue weighted by atomic mass is 32.2. The van der Waals surface area contributed by atoms with Crippen LogP contribution in [0.4, 0.5) is 5.69 Å². The fourth-order valence-electron chi connectivity index (χ4n) is 2.11. The molecule has 5 nitrogen and oxygen atoms in total. The van der Waals surface area contributed by atoms with Gasteiger partial charge in [0.1, 0.15) is 0 Å². The number of carbonyl (C=O) groups excluding carboxylic acids is 1. The van der Waals surface area contributed by atoms with Gasteiger partial charge in [-0.25, -0.2) is 8.42 Å². The Bertz CT molecular complexity index is 570. The minimum atomic E-state index is -3.39. The largest absolute Gasteiger partial charge is 0.312 e. The molecule has 0 bridgehead atoms. The molecule has 1 aromatic carbocycles. The molecular weight excluding hydrogens is 300 g/mol. The lowest BCUT2D eigenvalue weighted by atomic mass is 10.1. The Labute approximate surface area is 134 Å². The van der Waals surface area contributed by atoms with E-state index in [0.29, 0.717) is 19.0 Å². The number of para-hydroxylation sites is 1. The van der Waals surface area contributed by atoms with Crippen LogP contribution in [-0.4, -0.2) is 44.5 Å². The van der Waals surface area contributed by atoms with Gasteiger partial charge in [-0.3, -0.25) is 4.79 Å². The highest BCUT2D eigenvalue weighted by Crippen LogP contribution is 2.14. The molecule has 0 unspecified atom stereocenters. The Kier molecular flexibility index (Phi) is 7.03. The van der Waals surface area contributed by atoms with Gasteiger partial charge in [0, 0.05) is 18.8 Å². The molecule has 0 saturated heterocycles. The number of carbonyl (C=O) groups is 1. The minimum Gasteiger partial charge on any atom is -0.312 e. The Hall–Kier alpha value is -1.40. The van der Waals surface area contributed by atoms with E-state index in [4.69, 9.17) is 0 Å². The van der Waals surface area contributed by atoms with Crippen LogP contribution < -0.4 is 4.90 Å². The third-order valence-electron chi connectivity index (χ3n) is 3.42. The van der Waals surface area contributed by atoms with E-state index in [2.05, 4.69) is 0 Å². The van der Waals surface area contributed by atoms with Crippen LogP contribution in [0.1, 0.15) is 27.2 Å². The predicted octanol–water partition coefficient (Wildman–Crippen LogP) is 2.35. The maximum Gasteiger partial charge on any atom is 0.242 e. The van der Waals surface area contributed by atoms with E-state index in [9.17, 15) is 13.2 Å². The van der Waals surface area contributed by atoms with E-state index in [1.54, 1.807) is 4.90 Å². The molecule has 6 heteroatoms. The van der Waals surface area contributed by atoms with Crippen LogP contribution in [-0.2, 0) is 14.8 Å². The quantitative estimate of drug-likeness (QED) is 0.737. The summed E-state index contributed by atoms with van der Waals surface area (Å²) in [6.45, 7) is 6.70. The topological polar surface area (TPSA) is 57.7 Å². The van der Waals surface area contributed by atoms with Crippen LogP contribution in [0.5, 0.6) is 0 Å². The molecule has 124 valence electrons. The zero-order valence-corrected chi connectivity index (χ0v) is 14.6. The van der Waals surface area contributed by atoms with Crippen molar-refractivity contribution in [3.05, 3.63) is 30.3 Å². The number of likely N-dealkylation sites (N-methyl/N-ethyl adjacent to an activating group) is 1. The molecule has 0 aliphatic heterocycles. The monoisotopic (exact) mass is 326 g/mol. The highest BCUT2D eigenvalue weighted by molar-refractivity contribution is 7.88. The number of amides is 1. The summed E-state index contributed by atoms with van der Waals surface area (Å²) in [6.07, 6.45) is 1.89. The van der Waals surface area contributed by atoms with Crippen molar-refractivity contribution in [2.75, 3.05) is 30.8 Å². The van der Waals surface area contributed by atoms with Crippen LogP contribution in [0.25, 0.3) is 0 Å². The van der Waals surface area contributed by atoms with Gasteiger partial charge < -0.3 is 4.90 Å². The number of hydrogen-bond donors (Lipinski definition) is 0. The molecule has 0 fully saturated rings. The molecule has 0 atom stereocenters. The molecular formula is C16H26N2O3S. The van der Waals surface area contributed by atoms with Gasteiger partial charge in [-0.15, -0.1) is 0 Å². The summed E-state index contributed by atoms with van der Waals surface area (Å²) in [5.74, 6) is 0.179. The zero-order chi connectivity index (χ0) is 16.8. The number of anilines is 1. The van der Waals surface area contributed by atoms with Crippen molar-refractivity contribution in [2.45, 2.75) is 27.2 Å². The second kappa shape index (κ2) is 8.29. The lowest BCUT2D eigenvalue weighted by molar-refractivity contribution is -0.118. The molecule has 0 radical (unpaired) electrons. The van der Waals surface area contributed by atoms with Crippen LogP contribution in [0.2, 0.25) is 0 Å². The summed E-state index contributed by atoms with van der Waals surface area (Å²) < 4.78 is 25.0. The lowest BCUT2D eigenvalue weighted by Crippen LogP contribution is -2.43. The van der Waals surface area contributed by atoms with Gasteiger partial charge in [-0.1, -0.05) is 32.0 Å². The molecule has 1 aromatic rings. The standard InChI is InChI=1S/C16H26N2O3S/c1-5-18(15-9-7-6-8-10-15)16(19)13-17(22(4,20)21)12-11-14(2)3/h6-10,14H,5,11-13H2,1-4H3. The third kappa shape index (κ3) is 5.77. The number of benzene rings is 1. The first kappa shape index (κ1) is 18.6. The SMILES string of the molecule is CCN(C(=O)CN(CCC(C)C)S(C)(=O)=O)c1ccccc1. The van der Waals surface area contributed by atoms with Gasteiger partial charge >= 0.3 is 0 Å². The van der Waals surface area contributed by atoms with E-state index in [-0.39, 0.29) is 12.5 Å². The summed E-state index contributed by atoms with van der Waals surface area (Å²) >= 11 is 0. The Morgan fingerprint density at radius 2 is 1.77 bits per heavy atom. The average Bonchev–Trinajstić information content (AvgIpc) is 2.44. The highest BCUT2D eigenvalue weighted by Gasteiger charge is 2.23. The van der Waals surface area contributed by atoms with Crippen molar-refractivity contribution >= 4 is 21.6 Å². The maximum atomic E-state index is 12.5. The number of sulfonamides is 1. The summed E-state index contributed by atoms with van der Waals surface area (Å²) in [4.78, 5) is 14.1. The first-order chi connectivity index (χ1) is 10.3. The number of rotatable bonds is 8. The normalized spacial score (nSPS) is 11.9. The first-order valence-electron chi connectivity index (χ1n) is 7.56. The molecule has 0 aliphatic rings. The van der Waals surface area contributed by atoms with Crippen LogP contribution in [0.3, 0.4) is 0 Å². The maximum absolute atomic E-state index is 12.5. The Morgan fingerprint density at radius 1 is 1.18 bits per heavy atom. The van der Waals surface area contributed by atoms with Crippen molar-refractivity contribution in [1.29, 1.82) is 0 Å². The van der Waals surface area contributed by atoms with Gasteiger partial charge in [0.15, 0.2) is 0 Å². The molecule has 1 amide bonds. The molecule has 0 aliphatic carbocycles. The van der Waals surface area contributed by atoms with Gasteiger partial charge in [0.2, 0.25) is 15.9 Å². The second-order valence-corrected chi connectivity index (χ2v) is 7.74. The van der Waals surface area contributed by atoms with E-state index in [0.717, 1.165) is 18.4 Å². The summed E-state index contributed by atoms with van der Waals surface area (Å²) in [5, 5.41) is 0. The summed E-state index contributed by atoms with van der Waals surface area (Å²) in [5.41, 5.74) is 0.785. The van der Waals surface area contributed by atoms with Gasteiger partial charge in [-0.2, -0.15) is 4.31 Å². The third-order valence-corrected chi connectivity index (χ3v) is 4.67. The molecule has 1 rings (SSSR count). The summed E-state index contributed by atoms with van der Waals surface area (Å²) in [6, 6.07) is 9.30. The molecule has 22 heavy (non-hydrogen) atoms. The molecule has 0 saturated carbocycles. The van der Waals surface area contributed by atoms with Crippen molar-refractivity contribution in [3.8, 4) is 0 Å². The fraction of sp³-hybridized carbons (Fsp3) is 0.562. The van der Waals surface area contributed by atoms with Gasteiger partial charge in [0.25, 0.3) is 0 Å². The minimum absolute atomic E-state index is 0.117. The van der Waals surface area contributed by atoms with E-state index in [1.807, 2.05) is 51.1 Å². The number of nitrogens with zero attached hydrogens (tertiary/aromatic N) is 2. The Morgan fingerprint density at radius 3 is 2.23 bits per heavy atom. The fourth-order valence-corrected chi connectivity index (χ4v) is 2.89. The van der Waals surface area contributed by atoms with Gasteiger partial charge in [-0.05, 0) is 31.4 Å². The second-order valence-electron chi connectivity index (χ2n) is 5.75. The van der Waals surface area contributed by atoms with Crippen molar-refractivity contribution < 1.29 is 13.2 Å². The van der Waals surface area contributed by atoms with E-state index in [1.165, 1.54) is 4.31 Å². The Balaban J connectivity index is 2.85. The molecule has 0 spiro atoms. The van der Waals surface area contributed by atoms with Crippen LogP contribution >= 0.6 is 0 Å². The van der Waals surface area contributed by atoms with Crippen molar-refractivity contribution in [2.24, 2.45) is 5.92 Å². The lowest BCUT2D eigenvalue weighted by Gasteiger charge is -2.26. The molecule has 0 aromatic heterocycles. The van der Waals surface area contributed by atoms with Gasteiger partial charge in [0.05, 0.1) is 12.8 Å². The first-order valence-corrected chi connectivity index (χ1v) is 9.41. The smallest absolute Gasteiger partial charge is 0.242 e.